The van der Waals surface area contributed by atoms with Gasteiger partial charge in [0, 0.05) is 0 Å². The SMILES string of the molecule is CCOc1ccc(/C=N\NC(=O)C(=O)Nc2ccccc2F)cc1. The molecule has 0 aliphatic rings. The van der Waals surface area contributed by atoms with Gasteiger partial charge < -0.3 is 10.1 Å². The second-order valence-corrected chi connectivity index (χ2v) is 4.64. The molecular weight excluding hydrogens is 313 g/mol. The highest BCUT2D eigenvalue weighted by Crippen LogP contribution is 2.12. The van der Waals surface area contributed by atoms with Gasteiger partial charge in [-0.1, -0.05) is 12.1 Å². The number of carbonyl (C=O) groups excluding carboxylic acids is 2. The zero-order chi connectivity index (χ0) is 17.4. The largest absolute Gasteiger partial charge is 0.494 e. The van der Waals surface area contributed by atoms with Crippen molar-refractivity contribution in [1.82, 2.24) is 5.43 Å². The average molecular weight is 329 g/mol. The molecule has 0 aliphatic heterocycles. The van der Waals surface area contributed by atoms with Crippen LogP contribution in [0, 0.1) is 5.82 Å². The molecule has 2 amide bonds. The second-order valence-electron chi connectivity index (χ2n) is 4.64. The summed E-state index contributed by atoms with van der Waals surface area (Å²) in [5.41, 5.74) is 2.72. The predicted molar refractivity (Wildman–Crippen MR) is 88.4 cm³/mol. The van der Waals surface area contributed by atoms with Gasteiger partial charge in [-0.25, -0.2) is 9.82 Å². The van der Waals surface area contributed by atoms with Crippen molar-refractivity contribution in [2.24, 2.45) is 5.10 Å². The Kier molecular flexibility index (Phi) is 6.01. The van der Waals surface area contributed by atoms with Gasteiger partial charge >= 0.3 is 11.8 Å². The van der Waals surface area contributed by atoms with Crippen molar-refractivity contribution in [1.29, 1.82) is 0 Å². The third kappa shape index (κ3) is 4.91. The average Bonchev–Trinajstić information content (AvgIpc) is 2.58. The maximum absolute atomic E-state index is 13.4. The molecule has 0 saturated carbocycles. The molecule has 2 N–H and O–H groups in total. The molecule has 0 aliphatic carbocycles. The lowest BCUT2D eigenvalue weighted by atomic mass is 10.2. The number of para-hydroxylation sites is 1. The monoisotopic (exact) mass is 329 g/mol. The maximum Gasteiger partial charge on any atom is 0.329 e. The minimum Gasteiger partial charge on any atom is -0.494 e. The van der Waals surface area contributed by atoms with Crippen molar-refractivity contribution >= 4 is 23.7 Å². The number of nitrogens with one attached hydrogen (secondary N) is 2. The lowest BCUT2D eigenvalue weighted by Crippen LogP contribution is -2.32. The molecule has 0 spiro atoms. The summed E-state index contributed by atoms with van der Waals surface area (Å²) in [6.45, 7) is 2.46. The molecule has 0 bridgehead atoms. The minimum absolute atomic E-state index is 0.0758. The topological polar surface area (TPSA) is 79.8 Å². The molecule has 124 valence electrons. The molecular formula is C17H16FN3O3. The Morgan fingerprint density at radius 2 is 1.83 bits per heavy atom. The molecule has 2 aromatic carbocycles. The summed E-state index contributed by atoms with van der Waals surface area (Å²) in [4.78, 5) is 23.3. The van der Waals surface area contributed by atoms with E-state index in [1.165, 1.54) is 24.4 Å². The first kappa shape index (κ1) is 17.1. The third-order valence-corrected chi connectivity index (χ3v) is 2.90. The fourth-order valence-corrected chi connectivity index (χ4v) is 1.77. The standard InChI is InChI=1S/C17H16FN3O3/c1-2-24-13-9-7-12(8-10-13)11-19-21-17(23)16(22)20-15-6-4-3-5-14(15)18/h3-11H,2H2,1H3,(H,20,22)(H,21,23)/b19-11-. The van der Waals surface area contributed by atoms with E-state index in [1.807, 2.05) is 6.92 Å². The molecule has 0 unspecified atom stereocenters. The third-order valence-electron chi connectivity index (χ3n) is 2.90. The lowest BCUT2D eigenvalue weighted by molar-refractivity contribution is -0.136. The molecule has 0 fully saturated rings. The van der Waals surface area contributed by atoms with Crippen LogP contribution in [0.5, 0.6) is 5.75 Å². The smallest absolute Gasteiger partial charge is 0.329 e. The van der Waals surface area contributed by atoms with Gasteiger partial charge in [-0.15, -0.1) is 0 Å². The Morgan fingerprint density at radius 3 is 2.50 bits per heavy atom. The number of anilines is 1. The Bertz CT molecular complexity index is 745. The summed E-state index contributed by atoms with van der Waals surface area (Å²) in [5.74, 6) is -1.91. The summed E-state index contributed by atoms with van der Waals surface area (Å²) in [7, 11) is 0. The van der Waals surface area contributed by atoms with Crippen LogP contribution in [0.2, 0.25) is 0 Å². The Labute approximate surface area is 138 Å². The van der Waals surface area contributed by atoms with E-state index >= 15 is 0 Å². The first-order valence-electron chi connectivity index (χ1n) is 7.22. The van der Waals surface area contributed by atoms with Gasteiger partial charge in [0.25, 0.3) is 0 Å². The van der Waals surface area contributed by atoms with Crippen LogP contribution in [0.15, 0.2) is 53.6 Å². The van der Waals surface area contributed by atoms with Gasteiger partial charge in [0.15, 0.2) is 0 Å². The molecule has 0 aromatic heterocycles. The number of benzene rings is 2. The van der Waals surface area contributed by atoms with Crippen LogP contribution in [0.25, 0.3) is 0 Å². The Morgan fingerprint density at radius 1 is 1.12 bits per heavy atom. The van der Waals surface area contributed by atoms with E-state index in [2.05, 4.69) is 15.8 Å². The summed E-state index contributed by atoms with van der Waals surface area (Å²) in [6, 6.07) is 12.6. The predicted octanol–water partition coefficient (Wildman–Crippen LogP) is 2.31. The van der Waals surface area contributed by atoms with Crippen molar-refractivity contribution in [3.8, 4) is 5.75 Å². The number of hydrogen-bond acceptors (Lipinski definition) is 4. The first-order chi connectivity index (χ1) is 11.6. The molecule has 6 nitrogen and oxygen atoms in total. The molecule has 0 saturated heterocycles. The van der Waals surface area contributed by atoms with Crippen LogP contribution in [0.4, 0.5) is 10.1 Å². The highest BCUT2D eigenvalue weighted by molar-refractivity contribution is 6.39. The molecule has 0 heterocycles. The van der Waals surface area contributed by atoms with Gasteiger partial charge in [-0.05, 0) is 48.9 Å². The summed E-state index contributed by atoms with van der Waals surface area (Å²) in [5, 5.41) is 5.85. The Balaban J connectivity index is 1.87. The minimum atomic E-state index is -1.01. The van der Waals surface area contributed by atoms with E-state index in [-0.39, 0.29) is 5.69 Å². The van der Waals surface area contributed by atoms with E-state index < -0.39 is 17.6 Å². The zero-order valence-electron chi connectivity index (χ0n) is 13.0. The maximum atomic E-state index is 13.4. The second kappa shape index (κ2) is 8.42. The molecule has 2 aromatic rings. The number of nitrogens with zero attached hydrogens (tertiary/aromatic N) is 1. The molecule has 2 rings (SSSR count). The van der Waals surface area contributed by atoms with Gasteiger partial charge in [0.1, 0.15) is 11.6 Å². The zero-order valence-corrected chi connectivity index (χ0v) is 13.0. The van der Waals surface area contributed by atoms with Gasteiger partial charge in [-0.2, -0.15) is 5.10 Å². The van der Waals surface area contributed by atoms with Crippen molar-refractivity contribution < 1.29 is 18.7 Å². The lowest BCUT2D eigenvalue weighted by Gasteiger charge is -2.04. The van der Waals surface area contributed by atoms with Gasteiger partial charge in [0.2, 0.25) is 0 Å². The number of rotatable bonds is 5. The van der Waals surface area contributed by atoms with Crippen molar-refractivity contribution in [3.63, 3.8) is 0 Å². The molecule has 0 atom stereocenters. The molecule has 7 heteroatoms. The number of hydrazone groups is 1. The van der Waals surface area contributed by atoms with E-state index in [9.17, 15) is 14.0 Å². The quantitative estimate of drug-likeness (QED) is 0.502. The van der Waals surface area contributed by atoms with Crippen LogP contribution in [-0.2, 0) is 9.59 Å². The number of halogens is 1. The van der Waals surface area contributed by atoms with Crippen molar-refractivity contribution in [3.05, 3.63) is 59.9 Å². The van der Waals surface area contributed by atoms with Gasteiger partial charge in [-0.3, -0.25) is 9.59 Å². The fraction of sp³-hybridized carbons (Fsp3) is 0.118. The van der Waals surface area contributed by atoms with Gasteiger partial charge in [0.05, 0.1) is 18.5 Å². The molecule has 24 heavy (non-hydrogen) atoms. The number of amides is 2. The number of carbonyl (C=O) groups is 2. The van der Waals surface area contributed by atoms with E-state index in [1.54, 1.807) is 30.3 Å². The highest BCUT2D eigenvalue weighted by Gasteiger charge is 2.14. The number of hydrogen-bond donors (Lipinski definition) is 2. The first-order valence-corrected chi connectivity index (χ1v) is 7.22. The normalized spacial score (nSPS) is 10.4. The van der Waals surface area contributed by atoms with Crippen molar-refractivity contribution in [2.75, 3.05) is 11.9 Å². The summed E-state index contributed by atoms with van der Waals surface area (Å²) in [6.07, 6.45) is 1.38. The Hall–Kier alpha value is -3.22. The van der Waals surface area contributed by atoms with E-state index in [0.717, 1.165) is 5.75 Å². The van der Waals surface area contributed by atoms with E-state index in [0.29, 0.717) is 12.2 Å². The van der Waals surface area contributed by atoms with Crippen LogP contribution >= 0.6 is 0 Å². The summed E-state index contributed by atoms with van der Waals surface area (Å²) < 4.78 is 18.7. The van der Waals surface area contributed by atoms with Crippen molar-refractivity contribution in [2.45, 2.75) is 6.92 Å². The van der Waals surface area contributed by atoms with Crippen LogP contribution in [-0.4, -0.2) is 24.6 Å². The number of ether oxygens (including phenoxy) is 1. The van der Waals surface area contributed by atoms with Crippen LogP contribution < -0.4 is 15.5 Å². The highest BCUT2D eigenvalue weighted by atomic mass is 19.1. The summed E-state index contributed by atoms with van der Waals surface area (Å²) >= 11 is 0. The van der Waals surface area contributed by atoms with Crippen LogP contribution in [0.1, 0.15) is 12.5 Å². The van der Waals surface area contributed by atoms with Crippen LogP contribution in [0.3, 0.4) is 0 Å². The fourth-order valence-electron chi connectivity index (χ4n) is 1.77. The van der Waals surface area contributed by atoms with E-state index in [4.69, 9.17) is 4.74 Å². The molecule has 0 radical (unpaired) electrons.